The zero-order chi connectivity index (χ0) is 7.33. The van der Waals surface area contributed by atoms with Gasteiger partial charge in [-0.3, -0.25) is 0 Å². The van der Waals surface area contributed by atoms with E-state index in [0.29, 0.717) is 0 Å². The van der Waals surface area contributed by atoms with Crippen molar-refractivity contribution in [3.8, 4) is 6.19 Å². The van der Waals surface area contributed by atoms with E-state index in [0.717, 1.165) is 13.0 Å². The molecule has 0 spiro atoms. The Morgan fingerprint density at radius 3 is 2.44 bits per heavy atom. The van der Waals surface area contributed by atoms with Crippen molar-refractivity contribution in [3.63, 3.8) is 0 Å². The van der Waals surface area contributed by atoms with Crippen LogP contribution in [0.3, 0.4) is 0 Å². The van der Waals surface area contributed by atoms with E-state index in [1.54, 1.807) is 0 Å². The summed E-state index contributed by atoms with van der Waals surface area (Å²) in [6, 6.07) is 0. The fourth-order valence-electron chi connectivity index (χ4n) is 0.404. The molecule has 0 aliphatic rings. The van der Waals surface area contributed by atoms with Crippen LogP contribution in [0.25, 0.3) is 0 Å². The Labute approximate surface area is 56.9 Å². The third-order valence-corrected chi connectivity index (χ3v) is 1.60. The average Bonchev–Trinajstić information content (AvgIpc) is 1.84. The molecule has 0 radical (unpaired) electrons. The summed E-state index contributed by atoms with van der Waals surface area (Å²) in [4.78, 5) is 0. The fraction of sp³-hybridized carbons (Fsp3) is 0.857. The van der Waals surface area contributed by atoms with Crippen molar-refractivity contribution < 1.29 is 0 Å². The van der Waals surface area contributed by atoms with Crippen molar-refractivity contribution in [1.82, 2.24) is 5.32 Å². The van der Waals surface area contributed by atoms with Crippen LogP contribution in [0.5, 0.6) is 0 Å². The fourth-order valence-corrected chi connectivity index (χ4v) is 0.404. The van der Waals surface area contributed by atoms with Gasteiger partial charge in [-0.25, -0.2) is 0 Å². The topological polar surface area (TPSA) is 35.8 Å². The lowest BCUT2D eigenvalue weighted by Gasteiger charge is -2.20. The Kier molecular flexibility index (Phi) is 3.08. The number of hydrogen-bond donors (Lipinski definition) is 1. The number of nitriles is 1. The molecule has 0 amide bonds. The van der Waals surface area contributed by atoms with E-state index in [-0.39, 0.29) is 5.41 Å². The molecule has 0 bridgehead atoms. The first kappa shape index (κ1) is 8.29. The molecule has 0 aromatic carbocycles. The van der Waals surface area contributed by atoms with Gasteiger partial charge in [0.15, 0.2) is 6.19 Å². The second-order valence-corrected chi connectivity index (χ2v) is 2.98. The summed E-state index contributed by atoms with van der Waals surface area (Å²) in [6.45, 7) is 7.17. The number of rotatable bonds is 3. The Morgan fingerprint density at radius 1 is 1.56 bits per heavy atom. The van der Waals surface area contributed by atoms with Crippen molar-refractivity contribution in [2.75, 3.05) is 6.54 Å². The molecule has 0 atom stereocenters. The van der Waals surface area contributed by atoms with Crippen LogP contribution in [0.15, 0.2) is 0 Å². The van der Waals surface area contributed by atoms with Gasteiger partial charge >= 0.3 is 0 Å². The normalized spacial score (nSPS) is 10.4. The smallest absolute Gasteiger partial charge is 0.176 e. The quantitative estimate of drug-likeness (QED) is 0.459. The molecule has 0 saturated carbocycles. The van der Waals surface area contributed by atoms with Crippen LogP contribution < -0.4 is 5.32 Å². The highest BCUT2D eigenvalue weighted by atomic mass is 14.9. The monoisotopic (exact) mass is 126 g/mol. The molecule has 0 aliphatic carbocycles. The highest BCUT2D eigenvalue weighted by molar-refractivity contribution is 4.75. The van der Waals surface area contributed by atoms with E-state index >= 15 is 0 Å². The highest BCUT2D eigenvalue weighted by Gasteiger charge is 2.13. The van der Waals surface area contributed by atoms with Gasteiger partial charge in [0.1, 0.15) is 0 Å². The zero-order valence-electron chi connectivity index (χ0n) is 6.36. The molecular weight excluding hydrogens is 112 g/mol. The molecular formula is C7H14N2. The molecule has 0 aliphatic heterocycles. The standard InChI is InChI=1S/C7H14N2/c1-4-7(2,3)5-9-6-8/h9H,4-5H2,1-3H3. The predicted octanol–water partition coefficient (Wildman–Crippen LogP) is 1.49. The summed E-state index contributed by atoms with van der Waals surface area (Å²) in [7, 11) is 0. The summed E-state index contributed by atoms with van der Waals surface area (Å²) in [5.74, 6) is 0. The molecule has 2 heteroatoms. The average molecular weight is 126 g/mol. The van der Waals surface area contributed by atoms with Crippen LogP contribution in [-0.4, -0.2) is 6.54 Å². The van der Waals surface area contributed by atoms with Gasteiger partial charge in [-0.2, -0.15) is 5.26 Å². The van der Waals surface area contributed by atoms with Gasteiger partial charge in [0.25, 0.3) is 0 Å². The van der Waals surface area contributed by atoms with Crippen LogP contribution in [0, 0.1) is 16.9 Å². The third kappa shape index (κ3) is 3.84. The molecule has 0 rings (SSSR count). The molecule has 52 valence electrons. The minimum absolute atomic E-state index is 0.260. The molecule has 9 heavy (non-hydrogen) atoms. The SMILES string of the molecule is CCC(C)(C)CNC#N. The maximum atomic E-state index is 8.16. The maximum Gasteiger partial charge on any atom is 0.176 e. The van der Waals surface area contributed by atoms with Gasteiger partial charge in [0, 0.05) is 6.54 Å². The molecule has 1 N–H and O–H groups in total. The van der Waals surface area contributed by atoms with Crippen LogP contribution in [0.2, 0.25) is 0 Å². The molecule has 0 unspecified atom stereocenters. The van der Waals surface area contributed by atoms with Gasteiger partial charge in [0.05, 0.1) is 0 Å². The van der Waals surface area contributed by atoms with E-state index in [2.05, 4.69) is 26.1 Å². The largest absolute Gasteiger partial charge is 0.323 e. The van der Waals surface area contributed by atoms with Gasteiger partial charge < -0.3 is 5.32 Å². The van der Waals surface area contributed by atoms with Gasteiger partial charge in [-0.1, -0.05) is 20.8 Å². The second-order valence-electron chi connectivity index (χ2n) is 2.98. The van der Waals surface area contributed by atoms with E-state index in [4.69, 9.17) is 5.26 Å². The summed E-state index contributed by atoms with van der Waals surface area (Å²) in [6.07, 6.45) is 3.01. The summed E-state index contributed by atoms with van der Waals surface area (Å²) in [5, 5.41) is 10.8. The lowest BCUT2D eigenvalue weighted by molar-refractivity contribution is 0.346. The number of nitrogens with zero attached hydrogens (tertiary/aromatic N) is 1. The van der Waals surface area contributed by atoms with Crippen molar-refractivity contribution in [3.05, 3.63) is 0 Å². The molecule has 0 fully saturated rings. The van der Waals surface area contributed by atoms with Crippen molar-refractivity contribution in [1.29, 1.82) is 5.26 Å². The lowest BCUT2D eigenvalue weighted by Crippen LogP contribution is -2.25. The molecule has 0 heterocycles. The van der Waals surface area contributed by atoms with Gasteiger partial charge in [-0.05, 0) is 11.8 Å². The van der Waals surface area contributed by atoms with Crippen molar-refractivity contribution >= 4 is 0 Å². The van der Waals surface area contributed by atoms with Crippen LogP contribution >= 0.6 is 0 Å². The summed E-state index contributed by atoms with van der Waals surface area (Å²) in [5.41, 5.74) is 0.260. The van der Waals surface area contributed by atoms with E-state index in [1.807, 2.05) is 6.19 Å². The lowest BCUT2D eigenvalue weighted by atomic mass is 9.90. The first-order chi connectivity index (χ1) is 4.12. The molecule has 0 saturated heterocycles. The highest BCUT2D eigenvalue weighted by Crippen LogP contribution is 2.17. The Balaban J connectivity index is 3.48. The van der Waals surface area contributed by atoms with E-state index < -0.39 is 0 Å². The third-order valence-electron chi connectivity index (χ3n) is 1.60. The van der Waals surface area contributed by atoms with Gasteiger partial charge in [-0.15, -0.1) is 0 Å². The Hall–Kier alpha value is -0.710. The van der Waals surface area contributed by atoms with E-state index in [9.17, 15) is 0 Å². The van der Waals surface area contributed by atoms with Crippen LogP contribution in [0.4, 0.5) is 0 Å². The summed E-state index contributed by atoms with van der Waals surface area (Å²) >= 11 is 0. The van der Waals surface area contributed by atoms with Gasteiger partial charge in [0.2, 0.25) is 0 Å². The zero-order valence-corrected chi connectivity index (χ0v) is 6.36. The molecule has 2 nitrogen and oxygen atoms in total. The van der Waals surface area contributed by atoms with Crippen LogP contribution in [0.1, 0.15) is 27.2 Å². The second kappa shape index (κ2) is 3.34. The first-order valence-electron chi connectivity index (χ1n) is 3.24. The minimum atomic E-state index is 0.260. The van der Waals surface area contributed by atoms with E-state index in [1.165, 1.54) is 0 Å². The first-order valence-corrected chi connectivity index (χ1v) is 3.24. The Bertz CT molecular complexity index is 111. The molecule has 0 aromatic rings. The van der Waals surface area contributed by atoms with Crippen molar-refractivity contribution in [2.24, 2.45) is 5.41 Å². The number of nitrogens with one attached hydrogen (secondary N) is 1. The predicted molar refractivity (Wildman–Crippen MR) is 37.7 cm³/mol. The minimum Gasteiger partial charge on any atom is -0.323 e. The summed E-state index contributed by atoms with van der Waals surface area (Å²) < 4.78 is 0. The van der Waals surface area contributed by atoms with Crippen LogP contribution in [-0.2, 0) is 0 Å². The van der Waals surface area contributed by atoms with Crippen molar-refractivity contribution in [2.45, 2.75) is 27.2 Å². The molecule has 0 aromatic heterocycles. The Morgan fingerprint density at radius 2 is 2.11 bits per heavy atom. The number of hydrogen-bond acceptors (Lipinski definition) is 2. The maximum absolute atomic E-state index is 8.16.